The van der Waals surface area contributed by atoms with Crippen LogP contribution < -0.4 is 10.2 Å². The van der Waals surface area contributed by atoms with Crippen LogP contribution in [-0.2, 0) is 4.79 Å². The average molecular weight is 355 g/mol. The van der Waals surface area contributed by atoms with Gasteiger partial charge in [-0.15, -0.1) is 11.3 Å². The van der Waals surface area contributed by atoms with Gasteiger partial charge in [-0.2, -0.15) is 5.26 Å². The predicted octanol–water partition coefficient (Wildman–Crippen LogP) is 2.47. The molecule has 1 aliphatic rings. The number of benzene rings is 1. The van der Waals surface area contributed by atoms with Gasteiger partial charge in [0, 0.05) is 37.2 Å². The minimum atomic E-state index is 0.0986. The lowest BCUT2D eigenvalue weighted by atomic mass is 10.2. The Morgan fingerprint density at radius 2 is 2.08 bits per heavy atom. The zero-order chi connectivity index (χ0) is 17.6. The average Bonchev–Trinajstić information content (AvgIpc) is 2.92. The summed E-state index contributed by atoms with van der Waals surface area (Å²) >= 11 is 1.66. The highest BCUT2D eigenvalue weighted by Crippen LogP contribution is 2.21. The van der Waals surface area contributed by atoms with Gasteiger partial charge in [-0.3, -0.25) is 4.79 Å². The van der Waals surface area contributed by atoms with Crippen LogP contribution in [0.1, 0.15) is 17.7 Å². The third-order valence-corrected chi connectivity index (χ3v) is 5.20. The van der Waals surface area contributed by atoms with E-state index in [0.717, 1.165) is 42.6 Å². The molecule has 1 aromatic carbocycles. The molecule has 0 aliphatic carbocycles. The van der Waals surface area contributed by atoms with Crippen LogP contribution in [0.3, 0.4) is 0 Å². The molecule has 25 heavy (non-hydrogen) atoms. The van der Waals surface area contributed by atoms with Gasteiger partial charge in [0.05, 0.1) is 23.9 Å². The summed E-state index contributed by atoms with van der Waals surface area (Å²) < 4.78 is 0. The summed E-state index contributed by atoms with van der Waals surface area (Å²) in [6, 6.07) is 9.21. The summed E-state index contributed by atoms with van der Waals surface area (Å²) in [5.41, 5.74) is 2.51. The first-order chi connectivity index (χ1) is 12.2. The number of hydrogen-bond acceptors (Lipinski definition) is 6. The first kappa shape index (κ1) is 17.2. The molecule has 7 heteroatoms. The van der Waals surface area contributed by atoms with Crippen molar-refractivity contribution >= 4 is 28.1 Å². The molecule has 0 spiro atoms. The molecule has 0 unspecified atom stereocenters. The molecule has 2 aromatic rings. The van der Waals surface area contributed by atoms with Crippen LogP contribution in [0.4, 0.5) is 10.8 Å². The van der Waals surface area contributed by atoms with Gasteiger partial charge in [0.25, 0.3) is 0 Å². The van der Waals surface area contributed by atoms with E-state index in [4.69, 9.17) is 5.26 Å². The monoisotopic (exact) mass is 355 g/mol. The van der Waals surface area contributed by atoms with Crippen LogP contribution >= 0.6 is 11.3 Å². The van der Waals surface area contributed by atoms with Gasteiger partial charge in [-0.1, -0.05) is 0 Å². The van der Waals surface area contributed by atoms with Gasteiger partial charge in [0.1, 0.15) is 0 Å². The topological polar surface area (TPSA) is 72.3 Å². The van der Waals surface area contributed by atoms with Gasteiger partial charge in [0.2, 0.25) is 5.91 Å². The van der Waals surface area contributed by atoms with E-state index in [9.17, 15) is 4.79 Å². The number of nitrogens with one attached hydrogen (secondary N) is 1. The number of nitriles is 1. The summed E-state index contributed by atoms with van der Waals surface area (Å²) in [5.74, 6) is 0.0986. The Morgan fingerprint density at radius 3 is 2.76 bits per heavy atom. The fourth-order valence-electron chi connectivity index (χ4n) is 2.80. The molecule has 0 saturated carbocycles. The summed E-state index contributed by atoms with van der Waals surface area (Å²) in [7, 11) is 0. The van der Waals surface area contributed by atoms with Gasteiger partial charge in [-0.05, 0) is 37.6 Å². The van der Waals surface area contributed by atoms with Crippen LogP contribution in [-0.4, -0.2) is 48.5 Å². The number of hydrogen-bond donors (Lipinski definition) is 1. The largest absolute Gasteiger partial charge is 0.376 e. The highest BCUT2D eigenvalue weighted by molar-refractivity contribution is 7.13. The van der Waals surface area contributed by atoms with E-state index >= 15 is 0 Å². The number of aromatic nitrogens is 1. The van der Waals surface area contributed by atoms with E-state index in [1.54, 1.807) is 23.5 Å². The molecule has 1 aromatic heterocycles. The Hall–Kier alpha value is -2.59. The second kappa shape index (κ2) is 7.99. The van der Waals surface area contributed by atoms with E-state index in [-0.39, 0.29) is 12.5 Å². The van der Waals surface area contributed by atoms with Gasteiger partial charge < -0.3 is 15.1 Å². The second-order valence-corrected chi connectivity index (χ2v) is 6.87. The number of thiazole rings is 1. The van der Waals surface area contributed by atoms with Gasteiger partial charge >= 0.3 is 0 Å². The third kappa shape index (κ3) is 4.48. The number of nitrogens with zero attached hydrogens (tertiary/aromatic N) is 4. The number of aryl methyl sites for hydroxylation is 1. The molecule has 1 amide bonds. The Balaban J connectivity index is 1.51. The van der Waals surface area contributed by atoms with Crippen molar-refractivity contribution in [3.8, 4) is 6.07 Å². The van der Waals surface area contributed by atoms with E-state index in [0.29, 0.717) is 12.1 Å². The highest BCUT2D eigenvalue weighted by Gasteiger charge is 2.20. The maximum absolute atomic E-state index is 12.5. The summed E-state index contributed by atoms with van der Waals surface area (Å²) in [5, 5.41) is 15.0. The number of carbonyl (C=O) groups excluding carboxylic acids is 1. The molecule has 1 N–H and O–H groups in total. The summed E-state index contributed by atoms with van der Waals surface area (Å²) in [4.78, 5) is 21.2. The van der Waals surface area contributed by atoms with E-state index in [2.05, 4.69) is 26.6 Å². The normalized spacial score (nSPS) is 14.7. The molecular weight excluding hydrogens is 334 g/mol. The van der Waals surface area contributed by atoms with Crippen LogP contribution in [0.2, 0.25) is 0 Å². The molecule has 0 radical (unpaired) electrons. The quantitative estimate of drug-likeness (QED) is 0.912. The Labute approximate surface area is 151 Å². The molecular formula is C18H21N5OS. The van der Waals surface area contributed by atoms with Crippen molar-refractivity contribution in [1.82, 2.24) is 9.88 Å². The minimum absolute atomic E-state index is 0.0986. The lowest BCUT2D eigenvalue weighted by molar-refractivity contribution is -0.129. The minimum Gasteiger partial charge on any atom is -0.376 e. The van der Waals surface area contributed by atoms with E-state index < -0.39 is 0 Å². The Kier molecular flexibility index (Phi) is 5.51. The molecule has 6 nitrogen and oxygen atoms in total. The first-order valence-electron chi connectivity index (χ1n) is 8.34. The molecule has 0 atom stereocenters. The standard InChI is InChI=1S/C18H21N5OS/c1-14-13-25-18(21-14)23-8-2-7-22(9-10-23)17(24)12-20-16-5-3-15(11-19)4-6-16/h3-6,13,20H,2,7-10,12H2,1H3. The summed E-state index contributed by atoms with van der Waals surface area (Å²) in [6.45, 7) is 5.50. The molecule has 1 aliphatic heterocycles. The van der Waals surface area contributed by atoms with Gasteiger partial charge in [0.15, 0.2) is 5.13 Å². The fourth-order valence-corrected chi connectivity index (χ4v) is 3.65. The molecule has 3 rings (SSSR count). The Bertz CT molecular complexity index is 765. The lowest BCUT2D eigenvalue weighted by Gasteiger charge is -2.22. The van der Waals surface area contributed by atoms with Crippen LogP contribution in [0.25, 0.3) is 0 Å². The number of anilines is 2. The Morgan fingerprint density at radius 1 is 1.28 bits per heavy atom. The lowest BCUT2D eigenvalue weighted by Crippen LogP contribution is -2.38. The smallest absolute Gasteiger partial charge is 0.241 e. The van der Waals surface area contributed by atoms with Crippen molar-refractivity contribution in [1.29, 1.82) is 5.26 Å². The van der Waals surface area contributed by atoms with Crippen molar-refractivity contribution < 1.29 is 4.79 Å². The summed E-state index contributed by atoms with van der Waals surface area (Å²) in [6.07, 6.45) is 0.946. The van der Waals surface area contributed by atoms with Crippen LogP contribution in [0.5, 0.6) is 0 Å². The van der Waals surface area contributed by atoms with E-state index in [1.807, 2.05) is 24.0 Å². The van der Waals surface area contributed by atoms with Crippen molar-refractivity contribution in [2.24, 2.45) is 0 Å². The van der Waals surface area contributed by atoms with Crippen molar-refractivity contribution in [2.45, 2.75) is 13.3 Å². The number of amides is 1. The molecule has 1 saturated heterocycles. The third-order valence-electron chi connectivity index (χ3n) is 4.18. The van der Waals surface area contributed by atoms with Crippen molar-refractivity contribution in [3.63, 3.8) is 0 Å². The fraction of sp³-hybridized carbons (Fsp3) is 0.389. The van der Waals surface area contributed by atoms with Gasteiger partial charge in [-0.25, -0.2) is 4.98 Å². The number of carbonyl (C=O) groups is 1. The number of rotatable bonds is 4. The zero-order valence-corrected chi connectivity index (χ0v) is 15.1. The second-order valence-electron chi connectivity index (χ2n) is 6.04. The van der Waals surface area contributed by atoms with Crippen LogP contribution in [0, 0.1) is 18.3 Å². The highest BCUT2D eigenvalue weighted by atomic mass is 32.1. The van der Waals surface area contributed by atoms with E-state index in [1.165, 1.54) is 0 Å². The molecule has 0 bridgehead atoms. The zero-order valence-electron chi connectivity index (χ0n) is 14.2. The van der Waals surface area contributed by atoms with Crippen molar-refractivity contribution in [2.75, 3.05) is 42.9 Å². The maximum atomic E-state index is 12.5. The maximum Gasteiger partial charge on any atom is 0.241 e. The first-order valence-corrected chi connectivity index (χ1v) is 9.22. The predicted molar refractivity (Wildman–Crippen MR) is 99.9 cm³/mol. The molecule has 1 fully saturated rings. The molecule has 2 heterocycles. The van der Waals surface area contributed by atoms with Crippen molar-refractivity contribution in [3.05, 3.63) is 40.9 Å². The van der Waals surface area contributed by atoms with Crippen LogP contribution in [0.15, 0.2) is 29.6 Å². The SMILES string of the molecule is Cc1csc(N2CCCN(C(=O)CNc3ccc(C#N)cc3)CC2)n1. The molecule has 130 valence electrons.